The summed E-state index contributed by atoms with van der Waals surface area (Å²) in [4.78, 5) is 20.7. The second kappa shape index (κ2) is 6.39. The molecule has 1 aromatic rings. The van der Waals surface area contributed by atoms with Gasteiger partial charge < -0.3 is 15.2 Å². The molecule has 0 fully saturated rings. The molecule has 5 nitrogen and oxygen atoms in total. The molecule has 0 atom stereocenters. The van der Waals surface area contributed by atoms with Crippen LogP contribution < -0.4 is 10.9 Å². The monoisotopic (exact) mass is 238 g/mol. The number of aromatic amines is 1. The van der Waals surface area contributed by atoms with Crippen molar-refractivity contribution in [3.8, 4) is 0 Å². The van der Waals surface area contributed by atoms with Crippen LogP contribution in [0.3, 0.4) is 0 Å². The summed E-state index contributed by atoms with van der Waals surface area (Å²) in [7, 11) is 2.06. The van der Waals surface area contributed by atoms with E-state index in [-0.39, 0.29) is 11.5 Å². The quantitative estimate of drug-likeness (QED) is 0.783. The molecule has 0 bridgehead atoms. The van der Waals surface area contributed by atoms with Crippen molar-refractivity contribution in [1.82, 2.24) is 14.9 Å². The van der Waals surface area contributed by atoms with Crippen LogP contribution in [0.2, 0.25) is 0 Å². The van der Waals surface area contributed by atoms with Crippen molar-refractivity contribution in [3.63, 3.8) is 0 Å². The van der Waals surface area contributed by atoms with Crippen molar-refractivity contribution in [2.45, 2.75) is 26.7 Å². The summed E-state index contributed by atoms with van der Waals surface area (Å²) in [5.74, 6) is 1.61. The molecule has 0 aliphatic rings. The molecular formula is C12H22N4O. The van der Waals surface area contributed by atoms with Crippen LogP contribution in [0.15, 0.2) is 10.9 Å². The highest BCUT2D eigenvalue weighted by Crippen LogP contribution is 2.08. The Hall–Kier alpha value is -1.36. The average molecular weight is 238 g/mol. The van der Waals surface area contributed by atoms with Crippen molar-refractivity contribution in [3.05, 3.63) is 22.2 Å². The van der Waals surface area contributed by atoms with E-state index >= 15 is 0 Å². The number of anilines is 1. The van der Waals surface area contributed by atoms with Crippen LogP contribution >= 0.6 is 0 Å². The Balaban J connectivity index is 2.62. The number of nitrogens with one attached hydrogen (secondary N) is 2. The zero-order valence-electron chi connectivity index (χ0n) is 11.1. The van der Waals surface area contributed by atoms with Crippen molar-refractivity contribution < 1.29 is 0 Å². The van der Waals surface area contributed by atoms with Crippen molar-refractivity contribution in [1.29, 1.82) is 0 Å². The van der Waals surface area contributed by atoms with Gasteiger partial charge in [-0.2, -0.15) is 0 Å². The Morgan fingerprint density at radius 2 is 2.24 bits per heavy atom. The molecule has 0 aromatic carbocycles. The van der Waals surface area contributed by atoms with Gasteiger partial charge in [0.15, 0.2) is 0 Å². The van der Waals surface area contributed by atoms with Crippen LogP contribution in [0.1, 0.15) is 32.5 Å². The van der Waals surface area contributed by atoms with Crippen molar-refractivity contribution in [2.75, 3.05) is 32.0 Å². The minimum absolute atomic E-state index is 0.102. The van der Waals surface area contributed by atoms with Crippen LogP contribution in [0.25, 0.3) is 0 Å². The lowest BCUT2D eigenvalue weighted by Gasteiger charge is -2.14. The molecule has 17 heavy (non-hydrogen) atoms. The van der Waals surface area contributed by atoms with Gasteiger partial charge in [0.1, 0.15) is 11.6 Å². The largest absolute Gasteiger partial charge is 0.369 e. The zero-order valence-corrected chi connectivity index (χ0v) is 11.1. The van der Waals surface area contributed by atoms with Gasteiger partial charge in [0.2, 0.25) is 0 Å². The van der Waals surface area contributed by atoms with Crippen LogP contribution in [0.5, 0.6) is 0 Å². The van der Waals surface area contributed by atoms with Gasteiger partial charge in [0.05, 0.1) is 0 Å². The number of rotatable bonds is 6. The lowest BCUT2D eigenvalue weighted by Crippen LogP contribution is -2.25. The number of hydrogen-bond acceptors (Lipinski definition) is 4. The summed E-state index contributed by atoms with van der Waals surface area (Å²) >= 11 is 0. The summed E-state index contributed by atoms with van der Waals surface area (Å²) in [5.41, 5.74) is -0.102. The average Bonchev–Trinajstić information content (AvgIpc) is 2.28. The lowest BCUT2D eigenvalue weighted by molar-refractivity contribution is 0.367. The van der Waals surface area contributed by atoms with E-state index in [4.69, 9.17) is 0 Å². The van der Waals surface area contributed by atoms with E-state index in [1.807, 2.05) is 13.8 Å². The summed E-state index contributed by atoms with van der Waals surface area (Å²) in [6.45, 7) is 8.87. The number of likely N-dealkylation sites (N-methyl/N-ethyl adjacent to an activating group) is 1. The van der Waals surface area contributed by atoms with E-state index in [0.717, 1.165) is 25.5 Å². The summed E-state index contributed by atoms with van der Waals surface area (Å²) in [6.07, 6.45) is 0. The molecule has 2 N–H and O–H groups in total. The van der Waals surface area contributed by atoms with Crippen LogP contribution in [0, 0.1) is 0 Å². The second-order valence-corrected chi connectivity index (χ2v) is 4.49. The summed E-state index contributed by atoms with van der Waals surface area (Å²) in [5, 5.41) is 3.17. The molecule has 1 heterocycles. The standard InChI is InChI=1S/C12H22N4O/c1-5-16(4)7-6-13-10-8-11(17)15-12(14-10)9(2)3/h8-9H,5-7H2,1-4H3,(H2,13,14,15,17). The van der Waals surface area contributed by atoms with Crippen LogP contribution in [0.4, 0.5) is 5.82 Å². The molecule has 0 unspecified atom stereocenters. The smallest absolute Gasteiger partial charge is 0.252 e. The highest BCUT2D eigenvalue weighted by molar-refractivity contribution is 5.33. The molecule has 0 amide bonds. The van der Waals surface area contributed by atoms with Gasteiger partial charge in [-0.25, -0.2) is 4.98 Å². The minimum atomic E-state index is -0.102. The predicted molar refractivity (Wildman–Crippen MR) is 70.6 cm³/mol. The topological polar surface area (TPSA) is 61.0 Å². The molecule has 1 aromatic heterocycles. The third-order valence-electron chi connectivity index (χ3n) is 2.65. The number of H-pyrrole nitrogens is 1. The Morgan fingerprint density at radius 3 is 2.82 bits per heavy atom. The SMILES string of the molecule is CCN(C)CCNc1cc(=O)[nH]c(C(C)C)n1. The number of aromatic nitrogens is 2. The maximum atomic E-state index is 11.4. The third kappa shape index (κ3) is 4.56. The predicted octanol–water partition coefficient (Wildman–Crippen LogP) is 1.26. The minimum Gasteiger partial charge on any atom is -0.369 e. The fraction of sp³-hybridized carbons (Fsp3) is 0.667. The van der Waals surface area contributed by atoms with E-state index in [1.54, 1.807) is 0 Å². The van der Waals surface area contributed by atoms with Crippen molar-refractivity contribution >= 4 is 5.82 Å². The summed E-state index contributed by atoms with van der Waals surface area (Å²) < 4.78 is 0. The third-order valence-corrected chi connectivity index (χ3v) is 2.65. The van der Waals surface area contributed by atoms with E-state index < -0.39 is 0 Å². The van der Waals surface area contributed by atoms with Gasteiger partial charge in [-0.05, 0) is 13.6 Å². The summed E-state index contributed by atoms with van der Waals surface area (Å²) in [6, 6.07) is 1.50. The van der Waals surface area contributed by atoms with Crippen LogP contribution in [-0.4, -0.2) is 41.5 Å². The zero-order chi connectivity index (χ0) is 12.8. The normalized spacial score (nSPS) is 11.2. The molecule has 0 saturated heterocycles. The first-order chi connectivity index (χ1) is 8.02. The molecule has 0 saturated carbocycles. The van der Waals surface area contributed by atoms with E-state index in [0.29, 0.717) is 5.82 Å². The number of nitrogens with zero attached hydrogens (tertiary/aromatic N) is 2. The molecule has 0 spiro atoms. The van der Waals surface area contributed by atoms with Gasteiger partial charge in [0.25, 0.3) is 5.56 Å². The first-order valence-electron chi connectivity index (χ1n) is 6.06. The molecule has 96 valence electrons. The van der Waals surface area contributed by atoms with E-state index in [1.165, 1.54) is 6.07 Å². The first-order valence-corrected chi connectivity index (χ1v) is 6.06. The molecule has 1 rings (SSSR count). The van der Waals surface area contributed by atoms with Gasteiger partial charge >= 0.3 is 0 Å². The maximum absolute atomic E-state index is 11.4. The van der Waals surface area contributed by atoms with Gasteiger partial charge in [0, 0.05) is 25.1 Å². The molecule has 0 aliphatic carbocycles. The van der Waals surface area contributed by atoms with Gasteiger partial charge in [-0.15, -0.1) is 0 Å². The van der Waals surface area contributed by atoms with Gasteiger partial charge in [-0.3, -0.25) is 4.79 Å². The van der Waals surface area contributed by atoms with Crippen LogP contribution in [-0.2, 0) is 0 Å². The Labute approximate surface area is 102 Å². The maximum Gasteiger partial charge on any atom is 0.252 e. The lowest BCUT2D eigenvalue weighted by atomic mass is 10.2. The van der Waals surface area contributed by atoms with E-state index in [9.17, 15) is 4.79 Å². The van der Waals surface area contributed by atoms with Crippen molar-refractivity contribution in [2.24, 2.45) is 0 Å². The molecule has 0 radical (unpaired) electrons. The first kappa shape index (κ1) is 13.7. The second-order valence-electron chi connectivity index (χ2n) is 4.49. The highest BCUT2D eigenvalue weighted by atomic mass is 16.1. The molecule has 0 aliphatic heterocycles. The Bertz CT molecular complexity index is 400. The van der Waals surface area contributed by atoms with Gasteiger partial charge in [-0.1, -0.05) is 20.8 Å². The Morgan fingerprint density at radius 1 is 1.53 bits per heavy atom. The molecule has 5 heteroatoms. The Kier molecular flexibility index (Phi) is 5.15. The van der Waals surface area contributed by atoms with E-state index in [2.05, 4.69) is 34.2 Å². The highest BCUT2D eigenvalue weighted by Gasteiger charge is 2.04. The fourth-order valence-corrected chi connectivity index (χ4v) is 1.37. The molecular weight excluding hydrogens is 216 g/mol. The fourth-order valence-electron chi connectivity index (χ4n) is 1.37. The number of hydrogen-bond donors (Lipinski definition) is 2.